The molecule has 0 aromatic carbocycles. The van der Waals surface area contributed by atoms with E-state index < -0.39 is 0 Å². The molecular weight excluding hydrogens is 416 g/mol. The fourth-order valence-electron chi connectivity index (χ4n) is 9.27. The molecule has 4 aliphatic rings. The summed E-state index contributed by atoms with van der Waals surface area (Å²) in [5.74, 6) is 7.64. The third-order valence-corrected chi connectivity index (χ3v) is 11.7. The molecule has 0 saturated heterocycles. The van der Waals surface area contributed by atoms with E-state index >= 15 is 0 Å². The van der Waals surface area contributed by atoms with Crippen LogP contribution in [-0.4, -0.2) is 24.2 Å². The largest absolute Gasteiger partial charge is 0.327 e. The van der Waals surface area contributed by atoms with E-state index in [1.165, 1.54) is 77.0 Å². The van der Waals surface area contributed by atoms with E-state index in [0.717, 1.165) is 35.5 Å². The zero-order valence-corrected chi connectivity index (χ0v) is 22.9. The molecule has 0 bridgehead atoms. The van der Waals surface area contributed by atoms with Crippen LogP contribution in [-0.2, 0) is 0 Å². The third kappa shape index (κ3) is 5.87. The second kappa shape index (κ2) is 11.5. The minimum atomic E-state index is 0.398. The topological polar surface area (TPSA) is 104 Å². The summed E-state index contributed by atoms with van der Waals surface area (Å²) in [7, 11) is 0. The Morgan fingerprint density at radius 3 is 0.765 bits per heavy atom. The van der Waals surface area contributed by atoms with Gasteiger partial charge in [-0.1, -0.05) is 27.7 Å². The Labute approximate surface area is 211 Å². The maximum absolute atomic E-state index is 6.54. The van der Waals surface area contributed by atoms with Crippen LogP contribution in [0.25, 0.3) is 0 Å². The van der Waals surface area contributed by atoms with Crippen molar-refractivity contribution >= 4 is 0 Å². The predicted molar refractivity (Wildman–Crippen MR) is 145 cm³/mol. The molecule has 12 atom stereocenters. The molecule has 4 rings (SSSR count). The van der Waals surface area contributed by atoms with Crippen molar-refractivity contribution in [3.8, 4) is 0 Å². The van der Waals surface area contributed by atoms with Crippen LogP contribution in [0.15, 0.2) is 0 Å². The van der Waals surface area contributed by atoms with Crippen molar-refractivity contribution in [3.05, 3.63) is 0 Å². The van der Waals surface area contributed by atoms with E-state index in [2.05, 4.69) is 27.7 Å². The third-order valence-electron chi connectivity index (χ3n) is 11.7. The van der Waals surface area contributed by atoms with Crippen LogP contribution in [0.2, 0.25) is 0 Å². The first kappa shape index (κ1) is 26.9. The van der Waals surface area contributed by atoms with Crippen molar-refractivity contribution in [2.45, 2.75) is 129 Å². The average Bonchev–Trinajstić information content (AvgIpc) is 2.80. The minimum absolute atomic E-state index is 0.398. The highest BCUT2D eigenvalue weighted by Gasteiger charge is 2.48. The zero-order valence-electron chi connectivity index (χ0n) is 22.9. The molecular formula is C30H58N4. The number of nitrogens with two attached hydrogens (primary N) is 4. The van der Waals surface area contributed by atoms with Gasteiger partial charge >= 0.3 is 0 Å². The van der Waals surface area contributed by atoms with Crippen molar-refractivity contribution in [3.63, 3.8) is 0 Å². The highest BCUT2D eigenvalue weighted by molar-refractivity contribution is 4.99. The summed E-state index contributed by atoms with van der Waals surface area (Å²) in [5.41, 5.74) is 26.2. The van der Waals surface area contributed by atoms with E-state index in [1.54, 1.807) is 0 Å². The second-order valence-corrected chi connectivity index (χ2v) is 14.0. The van der Waals surface area contributed by atoms with Crippen LogP contribution in [0.3, 0.4) is 0 Å². The van der Waals surface area contributed by atoms with E-state index in [9.17, 15) is 0 Å². The molecule has 4 heteroatoms. The van der Waals surface area contributed by atoms with Crippen molar-refractivity contribution in [1.82, 2.24) is 0 Å². The van der Waals surface area contributed by atoms with Crippen molar-refractivity contribution < 1.29 is 0 Å². The van der Waals surface area contributed by atoms with Crippen LogP contribution < -0.4 is 22.9 Å². The van der Waals surface area contributed by atoms with Gasteiger partial charge in [-0.25, -0.2) is 0 Å². The summed E-state index contributed by atoms with van der Waals surface area (Å²) in [6, 6.07) is 1.59. The van der Waals surface area contributed by atoms with Gasteiger partial charge in [0.05, 0.1) is 0 Å². The van der Waals surface area contributed by atoms with E-state index in [0.29, 0.717) is 47.8 Å². The molecule has 0 heterocycles. The summed E-state index contributed by atoms with van der Waals surface area (Å²) < 4.78 is 0. The molecule has 198 valence electrons. The first-order valence-electron chi connectivity index (χ1n) is 15.2. The molecule has 0 aromatic heterocycles. The second-order valence-electron chi connectivity index (χ2n) is 14.0. The molecule has 8 N–H and O–H groups in total. The molecule has 4 fully saturated rings. The van der Waals surface area contributed by atoms with Gasteiger partial charge in [-0.05, 0) is 136 Å². The van der Waals surface area contributed by atoms with Crippen molar-refractivity contribution in [1.29, 1.82) is 0 Å². The number of hydrogen-bond donors (Lipinski definition) is 4. The Morgan fingerprint density at radius 2 is 0.588 bits per heavy atom. The van der Waals surface area contributed by atoms with E-state index in [-0.39, 0.29) is 0 Å². The summed E-state index contributed by atoms with van der Waals surface area (Å²) in [6.45, 7) is 9.69. The number of rotatable bonds is 5. The standard InChI is InChI=1S/C30H58N4/c1-17-13-21(5-9-25(17)31)29(22-6-10-26(32)18(2)14-22)30(23-7-11-27(33)19(3)15-23)24-8-12-28(34)20(4)16-24/h17-30H,5-16,31-34H2,1-4H3. The average molecular weight is 475 g/mol. The van der Waals surface area contributed by atoms with Crippen LogP contribution in [0, 0.1) is 59.2 Å². The maximum Gasteiger partial charge on any atom is 0.00647 e. The summed E-state index contributed by atoms with van der Waals surface area (Å²) >= 11 is 0. The molecule has 0 amide bonds. The van der Waals surface area contributed by atoms with E-state index in [1.807, 2.05) is 0 Å². The lowest BCUT2D eigenvalue weighted by atomic mass is 9.53. The van der Waals surface area contributed by atoms with Crippen molar-refractivity contribution in [2.24, 2.45) is 82.1 Å². The Balaban J connectivity index is 1.67. The van der Waals surface area contributed by atoms with Gasteiger partial charge in [-0.15, -0.1) is 0 Å². The fraction of sp³-hybridized carbons (Fsp3) is 1.00. The van der Waals surface area contributed by atoms with Crippen molar-refractivity contribution in [2.75, 3.05) is 0 Å². The summed E-state index contributed by atoms with van der Waals surface area (Å²) in [4.78, 5) is 0. The first-order chi connectivity index (χ1) is 16.2. The Bertz CT molecular complexity index is 533. The van der Waals surface area contributed by atoms with Gasteiger partial charge in [0.2, 0.25) is 0 Å². The smallest absolute Gasteiger partial charge is 0.00647 e. The van der Waals surface area contributed by atoms with Crippen LogP contribution >= 0.6 is 0 Å². The fourth-order valence-corrected chi connectivity index (χ4v) is 9.27. The summed E-state index contributed by atoms with van der Waals surface area (Å²) in [6.07, 6.45) is 15.6. The molecule has 0 aliphatic heterocycles. The lowest BCUT2D eigenvalue weighted by molar-refractivity contribution is -0.0285. The monoisotopic (exact) mass is 474 g/mol. The molecule has 0 spiro atoms. The van der Waals surface area contributed by atoms with E-state index in [4.69, 9.17) is 22.9 Å². The molecule has 12 unspecified atom stereocenters. The lowest BCUT2D eigenvalue weighted by Gasteiger charge is -2.53. The summed E-state index contributed by atoms with van der Waals surface area (Å²) in [5, 5.41) is 0. The van der Waals surface area contributed by atoms with Gasteiger partial charge in [-0.2, -0.15) is 0 Å². The molecule has 4 aliphatic carbocycles. The molecule has 0 aromatic rings. The molecule has 34 heavy (non-hydrogen) atoms. The molecule has 4 nitrogen and oxygen atoms in total. The predicted octanol–water partition coefficient (Wildman–Crippen LogP) is 5.27. The van der Waals surface area contributed by atoms with Gasteiger partial charge in [0.25, 0.3) is 0 Å². The number of hydrogen-bond acceptors (Lipinski definition) is 4. The highest BCUT2D eigenvalue weighted by Crippen LogP contribution is 2.54. The van der Waals surface area contributed by atoms with Crippen LogP contribution in [0.5, 0.6) is 0 Å². The quantitative estimate of drug-likeness (QED) is 0.435. The van der Waals surface area contributed by atoms with Crippen LogP contribution in [0.4, 0.5) is 0 Å². The first-order valence-corrected chi connectivity index (χ1v) is 15.2. The maximum atomic E-state index is 6.54. The Kier molecular flexibility index (Phi) is 9.08. The van der Waals surface area contributed by atoms with Gasteiger partial charge < -0.3 is 22.9 Å². The minimum Gasteiger partial charge on any atom is -0.327 e. The normalized spacial score (nSPS) is 50.5. The Morgan fingerprint density at radius 1 is 0.382 bits per heavy atom. The zero-order chi connectivity index (χ0) is 24.6. The van der Waals surface area contributed by atoms with Gasteiger partial charge in [-0.3, -0.25) is 0 Å². The SMILES string of the molecule is CC1CC(C(C2CCC(N)C(C)C2)C(C2CCC(N)C(C)C2)C2CCC(N)C(C)C2)CCC1N. The van der Waals surface area contributed by atoms with Gasteiger partial charge in [0.1, 0.15) is 0 Å². The molecule has 4 saturated carbocycles. The highest BCUT2D eigenvalue weighted by atomic mass is 14.7. The molecule has 0 radical (unpaired) electrons. The lowest BCUT2D eigenvalue weighted by Crippen LogP contribution is -2.49. The van der Waals surface area contributed by atoms with Gasteiger partial charge in [0.15, 0.2) is 0 Å². The van der Waals surface area contributed by atoms with Gasteiger partial charge in [0, 0.05) is 24.2 Å². The van der Waals surface area contributed by atoms with Crippen LogP contribution in [0.1, 0.15) is 105 Å². The Hall–Kier alpha value is -0.160.